The zero-order valence-electron chi connectivity index (χ0n) is 10.1. The lowest BCUT2D eigenvalue weighted by Gasteiger charge is -2.10. The van der Waals surface area contributed by atoms with Crippen molar-refractivity contribution in [2.45, 2.75) is 6.92 Å². The van der Waals surface area contributed by atoms with Crippen LogP contribution in [0.4, 0.5) is 5.69 Å². The first-order chi connectivity index (χ1) is 9.04. The van der Waals surface area contributed by atoms with E-state index in [9.17, 15) is 4.79 Å². The van der Waals surface area contributed by atoms with Crippen molar-refractivity contribution in [2.75, 3.05) is 12.3 Å². The fraction of sp³-hybridized carbons (Fsp3) is 0.154. The number of hydrogen-bond donors (Lipinski definition) is 1. The van der Waals surface area contributed by atoms with Gasteiger partial charge in [-0.15, -0.1) is 11.3 Å². The molecule has 0 amide bonds. The van der Waals surface area contributed by atoms with Crippen LogP contribution in [-0.2, 0) is 0 Å². The summed E-state index contributed by atoms with van der Waals surface area (Å²) in [5.74, 6) is 0.312. The van der Waals surface area contributed by atoms with E-state index in [1.54, 1.807) is 24.3 Å². The largest absolute Gasteiger partial charge is 0.493 e. The fourth-order valence-electron chi connectivity index (χ4n) is 1.65. The Kier molecular flexibility index (Phi) is 4.50. The summed E-state index contributed by atoms with van der Waals surface area (Å²) in [5.41, 5.74) is 6.68. The summed E-state index contributed by atoms with van der Waals surface area (Å²) in [5, 5.41) is 0. The lowest BCUT2D eigenvalue weighted by Crippen LogP contribution is -2.07. The standard InChI is InChI=1S/C13H11BrClNO2S/c1-2-18-9-5-3-4-8(16)11(9)12(17)10-6-7(14)13(15)19-10/h3-6H,2,16H2,1H3. The number of ether oxygens (including phenoxy) is 1. The van der Waals surface area contributed by atoms with Gasteiger partial charge in [-0.2, -0.15) is 0 Å². The molecule has 0 bridgehead atoms. The van der Waals surface area contributed by atoms with E-state index in [0.717, 1.165) is 0 Å². The minimum absolute atomic E-state index is 0.181. The first-order valence-electron chi connectivity index (χ1n) is 5.55. The molecule has 3 nitrogen and oxygen atoms in total. The molecule has 2 N–H and O–H groups in total. The maximum Gasteiger partial charge on any atom is 0.208 e. The van der Waals surface area contributed by atoms with Crippen LogP contribution in [0.25, 0.3) is 0 Å². The van der Waals surface area contributed by atoms with E-state index in [0.29, 0.717) is 37.3 Å². The number of nitrogen functional groups attached to an aromatic ring is 1. The van der Waals surface area contributed by atoms with Gasteiger partial charge in [-0.05, 0) is 41.1 Å². The Balaban J connectivity index is 2.48. The molecule has 0 saturated carbocycles. The summed E-state index contributed by atoms with van der Waals surface area (Å²) in [6, 6.07) is 6.86. The van der Waals surface area contributed by atoms with Crippen LogP contribution < -0.4 is 10.5 Å². The lowest BCUT2D eigenvalue weighted by atomic mass is 10.1. The third kappa shape index (κ3) is 2.94. The van der Waals surface area contributed by atoms with Gasteiger partial charge in [-0.25, -0.2) is 0 Å². The highest BCUT2D eigenvalue weighted by Crippen LogP contribution is 2.35. The minimum Gasteiger partial charge on any atom is -0.493 e. The highest BCUT2D eigenvalue weighted by atomic mass is 79.9. The van der Waals surface area contributed by atoms with E-state index in [4.69, 9.17) is 22.1 Å². The van der Waals surface area contributed by atoms with Gasteiger partial charge in [0, 0.05) is 10.2 Å². The van der Waals surface area contributed by atoms with Crippen molar-refractivity contribution in [1.29, 1.82) is 0 Å². The summed E-state index contributed by atoms with van der Waals surface area (Å²) >= 11 is 10.5. The SMILES string of the molecule is CCOc1cccc(N)c1C(=O)c1cc(Br)c(Cl)s1. The average molecular weight is 361 g/mol. The molecule has 0 aliphatic carbocycles. The number of hydrogen-bond acceptors (Lipinski definition) is 4. The lowest BCUT2D eigenvalue weighted by molar-refractivity contribution is 0.103. The molecule has 2 aromatic rings. The van der Waals surface area contributed by atoms with E-state index in [-0.39, 0.29) is 5.78 Å². The number of rotatable bonds is 4. The van der Waals surface area contributed by atoms with Gasteiger partial charge in [0.1, 0.15) is 10.1 Å². The van der Waals surface area contributed by atoms with E-state index >= 15 is 0 Å². The number of carbonyl (C=O) groups is 1. The third-order valence-electron chi connectivity index (χ3n) is 2.45. The molecule has 1 aromatic carbocycles. The number of ketones is 1. The van der Waals surface area contributed by atoms with Crippen LogP contribution in [0.5, 0.6) is 5.75 Å². The van der Waals surface area contributed by atoms with Crippen LogP contribution in [0.2, 0.25) is 4.34 Å². The second-order valence-corrected chi connectivity index (χ2v) is 6.22. The van der Waals surface area contributed by atoms with Gasteiger partial charge >= 0.3 is 0 Å². The van der Waals surface area contributed by atoms with E-state index in [1.165, 1.54) is 11.3 Å². The number of halogens is 2. The zero-order valence-corrected chi connectivity index (χ0v) is 13.2. The Bertz CT molecular complexity index is 608. The molecule has 0 radical (unpaired) electrons. The molecule has 1 aromatic heterocycles. The number of thiophene rings is 1. The fourth-order valence-corrected chi connectivity index (χ4v) is 3.30. The van der Waals surface area contributed by atoms with Gasteiger partial charge in [-0.3, -0.25) is 4.79 Å². The molecule has 0 aliphatic rings. The zero-order chi connectivity index (χ0) is 14.0. The Morgan fingerprint density at radius 1 is 1.53 bits per heavy atom. The highest BCUT2D eigenvalue weighted by Gasteiger charge is 2.20. The molecule has 0 fully saturated rings. The number of nitrogens with two attached hydrogens (primary N) is 1. The summed E-state index contributed by atoms with van der Waals surface area (Å²) in [7, 11) is 0. The number of anilines is 1. The van der Waals surface area contributed by atoms with E-state index in [1.807, 2.05) is 6.92 Å². The van der Waals surface area contributed by atoms with Crippen molar-refractivity contribution in [3.05, 3.63) is 43.5 Å². The van der Waals surface area contributed by atoms with E-state index in [2.05, 4.69) is 15.9 Å². The maximum absolute atomic E-state index is 12.5. The molecule has 0 unspecified atom stereocenters. The van der Waals surface area contributed by atoms with Crippen LogP contribution in [0.1, 0.15) is 22.2 Å². The predicted molar refractivity (Wildman–Crippen MR) is 82.5 cm³/mol. The third-order valence-corrected chi connectivity index (χ3v) is 4.93. The summed E-state index contributed by atoms with van der Waals surface area (Å²) in [6.45, 7) is 2.33. The normalized spacial score (nSPS) is 10.5. The maximum atomic E-state index is 12.5. The summed E-state index contributed by atoms with van der Waals surface area (Å²) in [4.78, 5) is 13.0. The number of carbonyl (C=O) groups excluding carboxylic acids is 1. The summed E-state index contributed by atoms with van der Waals surface area (Å²) in [6.07, 6.45) is 0. The van der Waals surface area contributed by atoms with Crippen LogP contribution >= 0.6 is 38.9 Å². The molecule has 1 heterocycles. The molecular formula is C13H11BrClNO2S. The van der Waals surface area contributed by atoms with Crippen LogP contribution in [-0.4, -0.2) is 12.4 Å². The molecule has 0 aliphatic heterocycles. The second-order valence-electron chi connectivity index (χ2n) is 3.71. The van der Waals surface area contributed by atoms with Crippen molar-refractivity contribution in [3.63, 3.8) is 0 Å². The Morgan fingerprint density at radius 3 is 2.84 bits per heavy atom. The molecule has 0 atom stereocenters. The number of benzene rings is 1. The van der Waals surface area contributed by atoms with Crippen LogP contribution in [0.3, 0.4) is 0 Å². The van der Waals surface area contributed by atoms with Crippen molar-refractivity contribution in [1.82, 2.24) is 0 Å². The quantitative estimate of drug-likeness (QED) is 0.650. The van der Waals surface area contributed by atoms with Gasteiger partial charge in [0.15, 0.2) is 0 Å². The van der Waals surface area contributed by atoms with Crippen molar-refractivity contribution >= 4 is 50.3 Å². The monoisotopic (exact) mass is 359 g/mol. The molecular weight excluding hydrogens is 350 g/mol. The molecule has 100 valence electrons. The molecule has 6 heteroatoms. The van der Waals surface area contributed by atoms with Crippen molar-refractivity contribution < 1.29 is 9.53 Å². The smallest absolute Gasteiger partial charge is 0.208 e. The van der Waals surface area contributed by atoms with Gasteiger partial charge in [-0.1, -0.05) is 17.7 Å². The summed E-state index contributed by atoms with van der Waals surface area (Å²) < 4.78 is 6.70. The first-order valence-corrected chi connectivity index (χ1v) is 7.54. The van der Waals surface area contributed by atoms with Crippen LogP contribution in [0.15, 0.2) is 28.7 Å². The second kappa shape index (κ2) is 5.94. The van der Waals surface area contributed by atoms with Gasteiger partial charge < -0.3 is 10.5 Å². The first kappa shape index (κ1) is 14.4. The van der Waals surface area contributed by atoms with Gasteiger partial charge in [0.05, 0.1) is 17.0 Å². The average Bonchev–Trinajstić information content (AvgIpc) is 2.70. The molecule has 0 saturated heterocycles. The van der Waals surface area contributed by atoms with E-state index < -0.39 is 0 Å². The van der Waals surface area contributed by atoms with Gasteiger partial charge in [0.2, 0.25) is 5.78 Å². The van der Waals surface area contributed by atoms with Crippen molar-refractivity contribution in [2.24, 2.45) is 0 Å². The topological polar surface area (TPSA) is 52.3 Å². The Hall–Kier alpha value is -1.04. The molecule has 0 spiro atoms. The Morgan fingerprint density at radius 2 is 2.26 bits per heavy atom. The minimum atomic E-state index is -0.181. The van der Waals surface area contributed by atoms with Gasteiger partial charge in [0.25, 0.3) is 0 Å². The van der Waals surface area contributed by atoms with Crippen LogP contribution in [0, 0.1) is 0 Å². The highest BCUT2D eigenvalue weighted by molar-refractivity contribution is 9.10. The van der Waals surface area contributed by atoms with Crippen molar-refractivity contribution in [3.8, 4) is 5.75 Å². The Labute approximate surface area is 128 Å². The molecule has 19 heavy (non-hydrogen) atoms. The predicted octanol–water partition coefficient (Wildman–Crippen LogP) is 4.38. The molecule has 2 rings (SSSR count).